The summed E-state index contributed by atoms with van der Waals surface area (Å²) in [6, 6.07) is 10.1. The molecule has 0 radical (unpaired) electrons. The van der Waals surface area contributed by atoms with E-state index in [-0.39, 0.29) is 6.10 Å². The van der Waals surface area contributed by atoms with E-state index in [1.54, 1.807) is 29.7 Å². The van der Waals surface area contributed by atoms with E-state index in [1.165, 1.54) is 4.70 Å². The van der Waals surface area contributed by atoms with Crippen LogP contribution in [-0.4, -0.2) is 38.2 Å². The highest BCUT2D eigenvalue weighted by Gasteiger charge is 2.54. The summed E-state index contributed by atoms with van der Waals surface area (Å²) in [6.07, 6.45) is 7.72. The number of amides is 1. The zero-order valence-electron chi connectivity index (χ0n) is 18.2. The van der Waals surface area contributed by atoms with Crippen LogP contribution in [0.2, 0.25) is 0 Å². The summed E-state index contributed by atoms with van der Waals surface area (Å²) in [5.41, 5.74) is 10.3. The number of aromatic nitrogens is 4. The molecule has 0 unspecified atom stereocenters. The fourth-order valence-corrected chi connectivity index (χ4v) is 6.23. The number of anilines is 1. The molecule has 3 heterocycles. The van der Waals surface area contributed by atoms with Crippen LogP contribution in [0.4, 0.5) is 5.13 Å². The summed E-state index contributed by atoms with van der Waals surface area (Å²) in [4.78, 5) is 20.7. The van der Waals surface area contributed by atoms with Crippen molar-refractivity contribution in [3.8, 4) is 17.0 Å². The first-order valence-corrected chi connectivity index (χ1v) is 11.9. The van der Waals surface area contributed by atoms with Gasteiger partial charge in [-0.1, -0.05) is 23.5 Å². The molecular formula is C24H24N6O2S. The van der Waals surface area contributed by atoms with E-state index >= 15 is 0 Å². The van der Waals surface area contributed by atoms with Gasteiger partial charge in [-0.3, -0.25) is 9.89 Å². The number of primary amides is 1. The van der Waals surface area contributed by atoms with Gasteiger partial charge in [0.25, 0.3) is 5.91 Å². The molecule has 0 bridgehead atoms. The Morgan fingerprint density at radius 2 is 2.06 bits per heavy atom. The highest BCUT2D eigenvalue weighted by molar-refractivity contribution is 7.22. The molecule has 4 N–H and O–H groups in total. The number of carbonyl (C=O) groups excluding carboxylic acids is 1. The molecule has 0 atom stereocenters. The molecule has 2 aliphatic carbocycles. The van der Waals surface area contributed by atoms with E-state index in [0.29, 0.717) is 22.9 Å². The average molecular weight is 461 g/mol. The molecule has 4 aromatic rings. The molecule has 168 valence electrons. The van der Waals surface area contributed by atoms with Crippen molar-refractivity contribution < 1.29 is 9.53 Å². The number of carbonyl (C=O) groups is 1. The largest absolute Gasteiger partial charge is 0.474 e. The molecule has 1 amide bonds. The van der Waals surface area contributed by atoms with Gasteiger partial charge in [-0.15, -0.1) is 0 Å². The maximum atomic E-state index is 11.6. The van der Waals surface area contributed by atoms with Crippen LogP contribution in [0, 0.1) is 12.3 Å². The third-order valence-electron chi connectivity index (χ3n) is 6.86. The number of fused-ring (bicyclic) bond motifs is 1. The molecule has 2 aliphatic rings. The maximum absolute atomic E-state index is 11.6. The number of hydrogen-bond acceptors (Lipinski definition) is 7. The van der Waals surface area contributed by atoms with Crippen LogP contribution in [-0.2, 0) is 0 Å². The van der Waals surface area contributed by atoms with Crippen LogP contribution in [0.3, 0.4) is 0 Å². The lowest BCUT2D eigenvalue weighted by molar-refractivity contribution is -0.0759. The third-order valence-corrected chi connectivity index (χ3v) is 7.81. The Labute approximate surface area is 194 Å². The van der Waals surface area contributed by atoms with Crippen LogP contribution < -0.4 is 15.8 Å². The zero-order chi connectivity index (χ0) is 22.6. The number of aromatic amines is 1. The van der Waals surface area contributed by atoms with Gasteiger partial charge in [-0.05, 0) is 56.2 Å². The Balaban J connectivity index is 1.08. The third kappa shape index (κ3) is 3.52. The first-order valence-electron chi connectivity index (χ1n) is 11.1. The number of aryl methyl sites for hydroxylation is 1. The summed E-state index contributed by atoms with van der Waals surface area (Å²) < 4.78 is 7.14. The van der Waals surface area contributed by atoms with Crippen molar-refractivity contribution in [3.63, 3.8) is 0 Å². The molecular weight excluding hydrogens is 436 g/mol. The molecule has 0 saturated heterocycles. The second kappa shape index (κ2) is 7.55. The number of H-pyrrole nitrogens is 1. The zero-order valence-corrected chi connectivity index (χ0v) is 19.0. The van der Waals surface area contributed by atoms with E-state index in [9.17, 15) is 4.79 Å². The van der Waals surface area contributed by atoms with Gasteiger partial charge in [-0.25, -0.2) is 9.97 Å². The highest BCUT2D eigenvalue weighted by atomic mass is 32.1. The van der Waals surface area contributed by atoms with Crippen molar-refractivity contribution in [2.75, 3.05) is 5.32 Å². The number of benzene rings is 1. The van der Waals surface area contributed by atoms with Gasteiger partial charge >= 0.3 is 0 Å². The number of para-hydroxylation sites is 1. The van der Waals surface area contributed by atoms with E-state index in [2.05, 4.69) is 38.7 Å². The standard InChI is InChI=1S/C24H24N6O2S/c1-13-18(12-27-30-13)16-4-2-6-19-20(16)29-23(33-19)28-14-8-24(9-14)10-15(11-24)32-22-17(21(25)31)5-3-7-26-22/h2-7,12,14-15H,8-11H2,1H3,(H2,25,31)(H,27,30)(H,28,29). The van der Waals surface area contributed by atoms with Gasteiger partial charge in [0.1, 0.15) is 11.7 Å². The minimum absolute atomic E-state index is 0.0853. The molecule has 2 fully saturated rings. The molecule has 2 saturated carbocycles. The number of ether oxygens (including phenoxy) is 1. The molecule has 6 rings (SSSR count). The van der Waals surface area contributed by atoms with Crippen LogP contribution in [0.15, 0.2) is 42.7 Å². The summed E-state index contributed by atoms with van der Waals surface area (Å²) >= 11 is 1.69. The van der Waals surface area contributed by atoms with Crippen molar-refractivity contribution in [3.05, 3.63) is 54.0 Å². The van der Waals surface area contributed by atoms with E-state index in [4.69, 9.17) is 15.5 Å². The second-order valence-electron chi connectivity index (χ2n) is 9.20. The van der Waals surface area contributed by atoms with Crippen LogP contribution in [0.25, 0.3) is 21.3 Å². The Hall–Kier alpha value is -3.46. The van der Waals surface area contributed by atoms with Crippen LogP contribution in [0.5, 0.6) is 5.88 Å². The minimum Gasteiger partial charge on any atom is -0.474 e. The van der Waals surface area contributed by atoms with E-state index < -0.39 is 5.91 Å². The summed E-state index contributed by atoms with van der Waals surface area (Å²) in [5.74, 6) is -0.168. The predicted octanol–water partition coefficient (Wildman–Crippen LogP) is 4.29. The first-order chi connectivity index (χ1) is 16.0. The topological polar surface area (TPSA) is 119 Å². The van der Waals surface area contributed by atoms with Gasteiger partial charge < -0.3 is 15.8 Å². The average Bonchev–Trinajstić information content (AvgIpc) is 3.36. The summed E-state index contributed by atoms with van der Waals surface area (Å²) in [5, 5.41) is 11.8. The number of nitrogens with zero attached hydrogens (tertiary/aromatic N) is 3. The molecule has 1 spiro atoms. The number of thiazole rings is 1. The SMILES string of the molecule is Cc1[nH]ncc1-c1cccc2sc(NC3CC4(C3)CC(Oc3ncccc3C(N)=O)C4)nc12. The predicted molar refractivity (Wildman–Crippen MR) is 127 cm³/mol. The number of nitrogens with two attached hydrogens (primary N) is 1. The van der Waals surface area contributed by atoms with Crippen LogP contribution >= 0.6 is 11.3 Å². The molecule has 33 heavy (non-hydrogen) atoms. The summed E-state index contributed by atoms with van der Waals surface area (Å²) in [6.45, 7) is 2.03. The molecule has 9 heteroatoms. The first kappa shape index (κ1) is 20.2. The van der Waals surface area contributed by atoms with Crippen molar-refractivity contribution in [2.45, 2.75) is 44.8 Å². The van der Waals surface area contributed by atoms with Gasteiger partial charge in [0.2, 0.25) is 5.88 Å². The van der Waals surface area contributed by atoms with Gasteiger partial charge in [0, 0.05) is 29.1 Å². The second-order valence-corrected chi connectivity index (χ2v) is 10.2. The van der Waals surface area contributed by atoms with Crippen molar-refractivity contribution in [2.24, 2.45) is 11.1 Å². The fraction of sp³-hybridized carbons (Fsp3) is 0.333. The smallest absolute Gasteiger partial charge is 0.254 e. The van der Waals surface area contributed by atoms with Crippen molar-refractivity contribution in [1.29, 1.82) is 0 Å². The summed E-state index contributed by atoms with van der Waals surface area (Å²) in [7, 11) is 0. The fourth-order valence-electron chi connectivity index (χ4n) is 5.27. The maximum Gasteiger partial charge on any atom is 0.254 e. The Morgan fingerprint density at radius 3 is 2.82 bits per heavy atom. The normalized spacial score (nSPS) is 23.8. The lowest BCUT2D eigenvalue weighted by Crippen LogP contribution is -2.56. The quantitative estimate of drug-likeness (QED) is 0.395. The molecule has 1 aromatic carbocycles. The Bertz CT molecular complexity index is 1350. The molecule has 3 aromatic heterocycles. The Kier molecular flexibility index (Phi) is 4.62. The molecule has 8 nitrogen and oxygen atoms in total. The van der Waals surface area contributed by atoms with Crippen molar-refractivity contribution in [1.82, 2.24) is 20.2 Å². The Morgan fingerprint density at radius 1 is 1.21 bits per heavy atom. The number of hydrogen-bond donors (Lipinski definition) is 3. The van der Waals surface area contributed by atoms with Crippen molar-refractivity contribution >= 4 is 32.6 Å². The van der Waals surface area contributed by atoms with Gasteiger partial charge in [0.15, 0.2) is 5.13 Å². The van der Waals surface area contributed by atoms with Gasteiger partial charge in [0.05, 0.1) is 16.4 Å². The lowest BCUT2D eigenvalue weighted by Gasteiger charge is -2.57. The number of pyridine rings is 1. The lowest BCUT2D eigenvalue weighted by atomic mass is 9.53. The van der Waals surface area contributed by atoms with Crippen LogP contribution in [0.1, 0.15) is 41.7 Å². The number of rotatable bonds is 6. The minimum atomic E-state index is -0.512. The van der Waals surface area contributed by atoms with E-state index in [0.717, 1.165) is 53.2 Å². The number of nitrogens with one attached hydrogen (secondary N) is 2. The van der Waals surface area contributed by atoms with Gasteiger partial charge in [-0.2, -0.15) is 5.10 Å². The van der Waals surface area contributed by atoms with E-state index in [1.807, 2.05) is 13.1 Å². The molecule has 0 aliphatic heterocycles. The highest BCUT2D eigenvalue weighted by Crippen LogP contribution is 2.57. The monoisotopic (exact) mass is 460 g/mol.